The molecule has 0 saturated heterocycles. The predicted molar refractivity (Wildman–Crippen MR) is 165 cm³/mol. The second-order valence-corrected chi connectivity index (χ2v) is 13.2. The topological polar surface area (TPSA) is 162 Å². The van der Waals surface area contributed by atoms with E-state index in [2.05, 4.69) is 16.0 Å². The Kier molecular flexibility index (Phi) is 18.7. The van der Waals surface area contributed by atoms with Crippen LogP contribution in [0.25, 0.3) is 0 Å². The van der Waals surface area contributed by atoms with Gasteiger partial charge in [-0.15, -0.1) is 0 Å². The van der Waals surface area contributed by atoms with Crippen LogP contribution in [0.15, 0.2) is 0 Å². The second kappa shape index (κ2) is 19.6. The van der Waals surface area contributed by atoms with E-state index in [9.17, 15) is 19.2 Å². The maximum atomic E-state index is 12.6. The Morgan fingerprint density at radius 2 is 1.21 bits per heavy atom. The summed E-state index contributed by atoms with van der Waals surface area (Å²) in [7, 11) is 1.56. The van der Waals surface area contributed by atoms with Gasteiger partial charge < -0.3 is 40.0 Å². The van der Waals surface area contributed by atoms with Crippen LogP contribution in [0.3, 0.4) is 0 Å². The summed E-state index contributed by atoms with van der Waals surface area (Å²) < 4.78 is 22.6. The van der Waals surface area contributed by atoms with Crippen LogP contribution in [0.5, 0.6) is 0 Å². The number of hydrogen-bond acceptors (Lipinski definition) is 11. The van der Waals surface area contributed by atoms with Gasteiger partial charge in [0.2, 0.25) is 0 Å². The molecule has 0 aliphatic rings. The highest BCUT2D eigenvalue weighted by molar-refractivity contribution is 5.89. The molecule has 1 atom stereocenters. The van der Waals surface area contributed by atoms with Gasteiger partial charge in [-0.05, 0) is 68.4 Å². The third-order valence-electron chi connectivity index (χ3n) is 7.47. The molecular formula is C31H59N3O9. The summed E-state index contributed by atoms with van der Waals surface area (Å²) in [5.41, 5.74) is -2.45. The number of aliphatic carboxylic acids is 1. The predicted octanol–water partition coefficient (Wildman–Crippen LogP) is 2.16. The van der Waals surface area contributed by atoms with Crippen molar-refractivity contribution >= 4 is 23.3 Å². The van der Waals surface area contributed by atoms with Gasteiger partial charge in [-0.25, -0.2) is 0 Å². The number of carbonyl (C=O) groups excluding carboxylic acids is 3. The quantitative estimate of drug-likeness (QED) is 0.0996. The first kappa shape index (κ1) is 41.2. The fraction of sp³-hybridized carbons (Fsp3) is 0.871. The zero-order chi connectivity index (χ0) is 33.3. The third-order valence-corrected chi connectivity index (χ3v) is 7.47. The summed E-state index contributed by atoms with van der Waals surface area (Å²) in [4.78, 5) is 47.9. The maximum Gasteiger partial charge on any atom is 0.320 e. The van der Waals surface area contributed by atoms with Crippen molar-refractivity contribution in [2.75, 3.05) is 66.4 Å². The van der Waals surface area contributed by atoms with Crippen molar-refractivity contribution in [3.05, 3.63) is 0 Å². The zero-order valence-electron chi connectivity index (χ0n) is 28.3. The van der Waals surface area contributed by atoms with E-state index in [1.54, 1.807) is 41.7 Å². The number of hydrogen-bond donors (Lipinski definition) is 4. The number of carbonyl (C=O) groups is 4. The molecule has 0 fully saturated rings. The van der Waals surface area contributed by atoms with Crippen LogP contribution in [0, 0.1) is 5.41 Å². The number of likely N-dealkylation sites (N-methyl/N-ethyl adjacent to an activating group) is 1. The number of ketones is 3. The number of Topliss-reactive ketones (excluding diaryl/α,β-unsaturated/α-hetero) is 3. The van der Waals surface area contributed by atoms with Crippen LogP contribution < -0.4 is 16.0 Å². The molecule has 0 aromatic heterocycles. The van der Waals surface area contributed by atoms with E-state index in [0.29, 0.717) is 52.5 Å². The van der Waals surface area contributed by atoms with Gasteiger partial charge in [0.1, 0.15) is 18.4 Å². The Labute approximate surface area is 258 Å². The minimum atomic E-state index is -0.978. The van der Waals surface area contributed by atoms with Crippen LogP contribution in [0.2, 0.25) is 0 Å². The summed E-state index contributed by atoms with van der Waals surface area (Å²) in [5, 5.41) is 18.1. The summed E-state index contributed by atoms with van der Waals surface area (Å²) in [6, 6.07) is -0.752. The average Bonchev–Trinajstić information content (AvgIpc) is 2.88. The minimum absolute atomic E-state index is 0.0481. The largest absolute Gasteiger partial charge is 0.480 e. The molecule has 0 saturated carbocycles. The minimum Gasteiger partial charge on any atom is -0.480 e. The Hall–Kier alpha value is -1.80. The molecule has 0 aromatic carbocycles. The lowest BCUT2D eigenvalue weighted by Gasteiger charge is -2.33. The molecule has 252 valence electrons. The highest BCUT2D eigenvalue weighted by Crippen LogP contribution is 2.30. The fourth-order valence-electron chi connectivity index (χ4n) is 4.33. The normalized spacial score (nSPS) is 13.6. The van der Waals surface area contributed by atoms with E-state index >= 15 is 0 Å². The van der Waals surface area contributed by atoms with Gasteiger partial charge in [-0.2, -0.15) is 0 Å². The molecule has 0 spiro atoms. The lowest BCUT2D eigenvalue weighted by atomic mass is 9.79. The van der Waals surface area contributed by atoms with Crippen molar-refractivity contribution in [2.24, 2.45) is 5.41 Å². The molecule has 4 N–H and O–H groups in total. The summed E-state index contributed by atoms with van der Waals surface area (Å²) in [6.45, 7) is 19.6. The number of carboxylic acids is 1. The third kappa shape index (κ3) is 17.9. The molecule has 0 aromatic rings. The Morgan fingerprint density at radius 3 is 1.70 bits per heavy atom. The molecule has 0 rings (SSSR count). The Morgan fingerprint density at radius 1 is 0.721 bits per heavy atom. The maximum absolute atomic E-state index is 12.6. The molecule has 12 heteroatoms. The van der Waals surface area contributed by atoms with Crippen molar-refractivity contribution in [1.29, 1.82) is 0 Å². The molecule has 12 nitrogen and oxygen atoms in total. The average molecular weight is 618 g/mol. The molecule has 1 unspecified atom stereocenters. The summed E-state index contributed by atoms with van der Waals surface area (Å²) in [5.74, 6) is -0.998. The van der Waals surface area contributed by atoms with Crippen LogP contribution in [0.4, 0.5) is 0 Å². The van der Waals surface area contributed by atoms with Crippen molar-refractivity contribution in [2.45, 2.75) is 104 Å². The first-order chi connectivity index (χ1) is 19.8. The van der Waals surface area contributed by atoms with Crippen LogP contribution in [-0.2, 0) is 38.1 Å². The van der Waals surface area contributed by atoms with E-state index in [4.69, 9.17) is 24.1 Å². The van der Waals surface area contributed by atoms with Crippen molar-refractivity contribution < 1.29 is 43.2 Å². The van der Waals surface area contributed by atoms with Gasteiger partial charge in [-0.3, -0.25) is 19.2 Å². The van der Waals surface area contributed by atoms with E-state index in [1.165, 1.54) is 0 Å². The monoisotopic (exact) mass is 617 g/mol. The van der Waals surface area contributed by atoms with Gasteiger partial charge in [0, 0.05) is 24.9 Å². The number of rotatable bonds is 27. The SMILES string of the molecule is CNC(CCC(=O)C(C)(C)NCCOCCOCC(=O)C(C)(C)NCCOCCOC(C)(C)CC(C)(C)C(C)=O)C(=O)O. The Bertz CT molecular complexity index is 873. The van der Waals surface area contributed by atoms with Gasteiger partial charge in [0.25, 0.3) is 0 Å². The second-order valence-electron chi connectivity index (χ2n) is 13.2. The van der Waals surface area contributed by atoms with Crippen LogP contribution in [0.1, 0.15) is 81.6 Å². The van der Waals surface area contributed by atoms with Gasteiger partial charge in [0.05, 0.1) is 56.3 Å². The molecule has 0 heterocycles. The number of ether oxygens (including phenoxy) is 4. The first-order valence-corrected chi connectivity index (χ1v) is 15.1. The van der Waals surface area contributed by atoms with Crippen molar-refractivity contribution in [1.82, 2.24) is 16.0 Å². The first-order valence-electron chi connectivity index (χ1n) is 15.1. The molecule has 43 heavy (non-hydrogen) atoms. The number of nitrogens with one attached hydrogen (secondary N) is 3. The van der Waals surface area contributed by atoms with E-state index < -0.39 is 34.1 Å². The standard InChI is InChI=1S/C31H59N3O9/c1-23(35)28(2,3)22-29(4,5)43-20-19-41-16-14-34-31(8,9)26(37)21-42-18-17-40-15-13-33-30(6,7)25(36)12-11-24(32-10)27(38)39/h24,32-34H,11-22H2,1-10H3,(H,38,39). The van der Waals surface area contributed by atoms with E-state index in [1.807, 2.05) is 27.7 Å². The van der Waals surface area contributed by atoms with Crippen LogP contribution in [-0.4, -0.2) is 118 Å². The van der Waals surface area contributed by atoms with E-state index in [-0.39, 0.29) is 43.4 Å². The lowest BCUT2D eigenvalue weighted by molar-refractivity contribution is -0.139. The molecule has 0 aliphatic heterocycles. The molecular weight excluding hydrogens is 558 g/mol. The molecule has 0 amide bonds. The van der Waals surface area contributed by atoms with E-state index in [0.717, 1.165) is 0 Å². The molecule has 0 bridgehead atoms. The smallest absolute Gasteiger partial charge is 0.320 e. The Balaban J connectivity index is 4.03. The molecule has 0 aliphatic carbocycles. The molecule has 0 radical (unpaired) electrons. The van der Waals surface area contributed by atoms with Gasteiger partial charge >= 0.3 is 5.97 Å². The zero-order valence-corrected chi connectivity index (χ0v) is 28.3. The van der Waals surface area contributed by atoms with Crippen molar-refractivity contribution in [3.8, 4) is 0 Å². The highest BCUT2D eigenvalue weighted by atomic mass is 16.5. The van der Waals surface area contributed by atoms with Gasteiger partial charge in [0.15, 0.2) is 11.6 Å². The highest BCUT2D eigenvalue weighted by Gasteiger charge is 2.33. The fourth-order valence-corrected chi connectivity index (χ4v) is 4.33. The van der Waals surface area contributed by atoms with Crippen molar-refractivity contribution in [3.63, 3.8) is 0 Å². The lowest BCUT2D eigenvalue weighted by Crippen LogP contribution is -2.49. The van der Waals surface area contributed by atoms with Crippen LogP contribution >= 0.6 is 0 Å². The number of carboxylic acid groups (broad SMARTS) is 1. The van der Waals surface area contributed by atoms with Gasteiger partial charge in [-0.1, -0.05) is 13.8 Å². The summed E-state index contributed by atoms with van der Waals surface area (Å²) >= 11 is 0. The summed E-state index contributed by atoms with van der Waals surface area (Å²) in [6.07, 6.45) is 0.991.